The highest BCUT2D eigenvalue weighted by Crippen LogP contribution is 2.18. The summed E-state index contributed by atoms with van der Waals surface area (Å²) in [5.74, 6) is 0.415. The molecular weight excluding hydrogens is 226 g/mol. The van der Waals surface area contributed by atoms with Crippen molar-refractivity contribution in [2.75, 3.05) is 13.1 Å². The molecule has 98 valence electrons. The number of nitrogens with zero attached hydrogens (tertiary/aromatic N) is 1. The van der Waals surface area contributed by atoms with E-state index in [0.717, 1.165) is 18.5 Å². The highest BCUT2D eigenvalue weighted by atomic mass is 16.3. The van der Waals surface area contributed by atoms with Crippen molar-refractivity contribution in [3.05, 3.63) is 35.4 Å². The van der Waals surface area contributed by atoms with E-state index < -0.39 is 0 Å². The van der Waals surface area contributed by atoms with Gasteiger partial charge in [0.15, 0.2) is 0 Å². The molecular formula is C15H21NO2. The lowest BCUT2D eigenvalue weighted by molar-refractivity contribution is -0.134. The van der Waals surface area contributed by atoms with Crippen molar-refractivity contribution in [2.45, 2.75) is 32.8 Å². The topological polar surface area (TPSA) is 40.5 Å². The van der Waals surface area contributed by atoms with Crippen molar-refractivity contribution in [3.8, 4) is 0 Å². The van der Waals surface area contributed by atoms with Crippen molar-refractivity contribution in [1.29, 1.82) is 0 Å². The Labute approximate surface area is 108 Å². The third kappa shape index (κ3) is 3.10. The Morgan fingerprint density at radius 3 is 2.67 bits per heavy atom. The summed E-state index contributed by atoms with van der Waals surface area (Å²) < 4.78 is 0. The van der Waals surface area contributed by atoms with E-state index in [0.29, 0.717) is 18.9 Å². The molecule has 0 bridgehead atoms. The van der Waals surface area contributed by atoms with Gasteiger partial charge in [-0.2, -0.15) is 0 Å². The maximum atomic E-state index is 12.1. The van der Waals surface area contributed by atoms with E-state index in [1.165, 1.54) is 5.56 Å². The summed E-state index contributed by atoms with van der Waals surface area (Å²) >= 11 is 0. The van der Waals surface area contributed by atoms with Gasteiger partial charge in [-0.15, -0.1) is 0 Å². The number of aliphatic hydroxyl groups excluding tert-OH is 1. The van der Waals surface area contributed by atoms with Crippen LogP contribution in [0.4, 0.5) is 0 Å². The van der Waals surface area contributed by atoms with Crippen LogP contribution in [0.1, 0.15) is 24.5 Å². The lowest BCUT2D eigenvalue weighted by Crippen LogP contribution is -2.46. The Balaban J connectivity index is 1.94. The molecule has 1 aromatic carbocycles. The molecule has 1 aromatic rings. The van der Waals surface area contributed by atoms with Gasteiger partial charge in [-0.3, -0.25) is 4.79 Å². The molecule has 1 N–H and O–H groups in total. The summed E-state index contributed by atoms with van der Waals surface area (Å²) in [6, 6.07) is 8.04. The number of amides is 1. The second-order valence-corrected chi connectivity index (χ2v) is 5.34. The van der Waals surface area contributed by atoms with E-state index in [4.69, 9.17) is 0 Å². The molecule has 1 aliphatic heterocycles. The van der Waals surface area contributed by atoms with Gasteiger partial charge in [-0.25, -0.2) is 0 Å². The van der Waals surface area contributed by atoms with Crippen LogP contribution in [0.5, 0.6) is 0 Å². The number of hydrogen-bond donors (Lipinski definition) is 1. The number of piperidine rings is 1. The second kappa shape index (κ2) is 5.53. The van der Waals surface area contributed by atoms with Crippen LogP contribution in [0.3, 0.4) is 0 Å². The van der Waals surface area contributed by atoms with Gasteiger partial charge in [0.2, 0.25) is 5.91 Å². The van der Waals surface area contributed by atoms with E-state index >= 15 is 0 Å². The van der Waals surface area contributed by atoms with Gasteiger partial charge >= 0.3 is 0 Å². The minimum atomic E-state index is -0.374. The zero-order valence-electron chi connectivity index (χ0n) is 11.1. The number of aliphatic hydroxyl groups is 1. The summed E-state index contributed by atoms with van der Waals surface area (Å²) in [4.78, 5) is 13.9. The number of benzene rings is 1. The van der Waals surface area contributed by atoms with Crippen LogP contribution in [0.2, 0.25) is 0 Å². The molecule has 2 unspecified atom stereocenters. The summed E-state index contributed by atoms with van der Waals surface area (Å²) in [5.41, 5.74) is 2.24. The van der Waals surface area contributed by atoms with Gasteiger partial charge in [-0.1, -0.05) is 36.8 Å². The first-order valence-corrected chi connectivity index (χ1v) is 6.57. The molecule has 1 amide bonds. The molecule has 2 rings (SSSR count). The standard InChI is InChI=1S/C15H21NO2/c1-11-3-5-13(6-4-11)9-15(18)16-8-7-12(2)14(17)10-16/h3-6,12,14,17H,7-10H2,1-2H3. The summed E-state index contributed by atoms with van der Waals surface area (Å²) in [7, 11) is 0. The van der Waals surface area contributed by atoms with Crippen molar-refractivity contribution in [1.82, 2.24) is 4.90 Å². The molecule has 3 heteroatoms. The maximum Gasteiger partial charge on any atom is 0.227 e. The van der Waals surface area contributed by atoms with E-state index in [1.807, 2.05) is 38.1 Å². The largest absolute Gasteiger partial charge is 0.391 e. The van der Waals surface area contributed by atoms with Crippen molar-refractivity contribution in [3.63, 3.8) is 0 Å². The smallest absolute Gasteiger partial charge is 0.227 e. The van der Waals surface area contributed by atoms with Crippen molar-refractivity contribution < 1.29 is 9.90 Å². The third-order valence-corrected chi connectivity index (χ3v) is 3.75. The normalized spacial score (nSPS) is 24.1. The van der Waals surface area contributed by atoms with Gasteiger partial charge in [0.1, 0.15) is 0 Å². The Bertz CT molecular complexity index is 413. The van der Waals surface area contributed by atoms with Crippen LogP contribution in [0, 0.1) is 12.8 Å². The second-order valence-electron chi connectivity index (χ2n) is 5.34. The lowest BCUT2D eigenvalue weighted by Gasteiger charge is -2.34. The Hall–Kier alpha value is -1.35. The molecule has 3 nitrogen and oxygen atoms in total. The number of hydrogen-bond acceptors (Lipinski definition) is 2. The monoisotopic (exact) mass is 247 g/mol. The van der Waals surface area contributed by atoms with Gasteiger partial charge in [-0.05, 0) is 24.8 Å². The highest BCUT2D eigenvalue weighted by Gasteiger charge is 2.26. The molecule has 1 fully saturated rings. The molecule has 1 aliphatic rings. The molecule has 1 saturated heterocycles. The van der Waals surface area contributed by atoms with E-state index in [9.17, 15) is 9.90 Å². The first-order valence-electron chi connectivity index (χ1n) is 6.57. The fourth-order valence-corrected chi connectivity index (χ4v) is 2.27. The summed E-state index contributed by atoms with van der Waals surface area (Å²) in [6.45, 7) is 5.31. The lowest BCUT2D eigenvalue weighted by atomic mass is 9.95. The Morgan fingerprint density at radius 2 is 2.06 bits per heavy atom. The average Bonchev–Trinajstić information content (AvgIpc) is 2.35. The minimum Gasteiger partial charge on any atom is -0.391 e. The van der Waals surface area contributed by atoms with Gasteiger partial charge in [0.25, 0.3) is 0 Å². The molecule has 0 aromatic heterocycles. The number of aryl methyl sites for hydroxylation is 1. The van der Waals surface area contributed by atoms with Crippen LogP contribution < -0.4 is 0 Å². The molecule has 1 heterocycles. The summed E-state index contributed by atoms with van der Waals surface area (Å²) in [6.07, 6.45) is 0.947. The first-order chi connectivity index (χ1) is 8.56. The first kappa shape index (κ1) is 13.1. The number of carbonyl (C=O) groups is 1. The zero-order chi connectivity index (χ0) is 13.1. The van der Waals surface area contributed by atoms with Crippen LogP contribution >= 0.6 is 0 Å². The van der Waals surface area contributed by atoms with E-state index in [2.05, 4.69) is 0 Å². The number of likely N-dealkylation sites (tertiary alicyclic amines) is 1. The SMILES string of the molecule is Cc1ccc(CC(=O)N2CCC(C)C(O)C2)cc1. The molecule has 0 radical (unpaired) electrons. The van der Waals surface area contributed by atoms with E-state index in [-0.39, 0.29) is 12.0 Å². The fourth-order valence-electron chi connectivity index (χ4n) is 2.27. The fraction of sp³-hybridized carbons (Fsp3) is 0.533. The highest BCUT2D eigenvalue weighted by molar-refractivity contribution is 5.78. The van der Waals surface area contributed by atoms with E-state index in [1.54, 1.807) is 4.90 Å². The molecule has 18 heavy (non-hydrogen) atoms. The minimum absolute atomic E-state index is 0.116. The van der Waals surface area contributed by atoms with Crippen LogP contribution in [-0.2, 0) is 11.2 Å². The van der Waals surface area contributed by atoms with Gasteiger partial charge in [0, 0.05) is 13.1 Å². The molecule has 0 spiro atoms. The number of carbonyl (C=O) groups excluding carboxylic acids is 1. The van der Waals surface area contributed by atoms with Crippen LogP contribution in [0.15, 0.2) is 24.3 Å². The third-order valence-electron chi connectivity index (χ3n) is 3.75. The van der Waals surface area contributed by atoms with Crippen molar-refractivity contribution >= 4 is 5.91 Å². The molecule has 2 atom stereocenters. The Morgan fingerprint density at radius 1 is 1.39 bits per heavy atom. The zero-order valence-corrected chi connectivity index (χ0v) is 11.1. The molecule has 0 aliphatic carbocycles. The number of β-amino-alcohol motifs (C(OH)–C–C–N with tert-alkyl or cyclic N) is 1. The molecule has 0 saturated carbocycles. The van der Waals surface area contributed by atoms with Crippen molar-refractivity contribution in [2.24, 2.45) is 5.92 Å². The Kier molecular flexibility index (Phi) is 4.02. The van der Waals surface area contributed by atoms with Crippen LogP contribution in [0.25, 0.3) is 0 Å². The van der Waals surface area contributed by atoms with Crippen LogP contribution in [-0.4, -0.2) is 35.1 Å². The predicted octanol–water partition coefficient (Wildman–Crippen LogP) is 1.77. The van der Waals surface area contributed by atoms with Gasteiger partial charge in [0.05, 0.1) is 12.5 Å². The predicted molar refractivity (Wildman–Crippen MR) is 71.3 cm³/mol. The maximum absolute atomic E-state index is 12.1. The number of rotatable bonds is 2. The summed E-state index contributed by atoms with van der Waals surface area (Å²) in [5, 5.41) is 9.81. The van der Waals surface area contributed by atoms with Gasteiger partial charge < -0.3 is 10.0 Å². The average molecular weight is 247 g/mol. The quantitative estimate of drug-likeness (QED) is 0.865.